The summed E-state index contributed by atoms with van der Waals surface area (Å²) in [4.78, 5) is 11.7. The van der Waals surface area contributed by atoms with E-state index in [1.165, 1.54) is 6.07 Å². The number of hydrogen-bond donors (Lipinski definition) is 1. The smallest absolute Gasteiger partial charge is 0.223 e. The van der Waals surface area contributed by atoms with Crippen LogP contribution in [0, 0.1) is 5.82 Å². The lowest BCUT2D eigenvalue weighted by atomic mass is 10.1. The summed E-state index contributed by atoms with van der Waals surface area (Å²) < 4.78 is 24.0. The van der Waals surface area contributed by atoms with Gasteiger partial charge in [0.15, 0.2) is 11.6 Å². The SMILES string of the molecule is CC(NC(=O)CCOc1ccccc1F)C1CCCO1. The molecule has 0 bridgehead atoms. The molecule has 1 aromatic carbocycles. The summed E-state index contributed by atoms with van der Waals surface area (Å²) >= 11 is 0. The molecule has 1 amide bonds. The lowest BCUT2D eigenvalue weighted by Crippen LogP contribution is -2.41. The molecule has 1 aromatic rings. The van der Waals surface area contributed by atoms with Crippen molar-refractivity contribution in [2.24, 2.45) is 0 Å². The molecule has 0 radical (unpaired) electrons. The highest BCUT2D eigenvalue weighted by molar-refractivity contribution is 5.76. The fraction of sp³-hybridized carbons (Fsp3) is 0.533. The minimum absolute atomic E-state index is 0.00142. The van der Waals surface area contributed by atoms with Gasteiger partial charge in [0.1, 0.15) is 0 Å². The van der Waals surface area contributed by atoms with Crippen LogP contribution in [0.15, 0.2) is 24.3 Å². The second-order valence-corrected chi connectivity index (χ2v) is 4.94. The Kier molecular flexibility index (Phi) is 5.35. The molecule has 20 heavy (non-hydrogen) atoms. The number of amides is 1. The minimum Gasteiger partial charge on any atom is -0.490 e. The molecule has 2 unspecified atom stereocenters. The van der Waals surface area contributed by atoms with Crippen molar-refractivity contribution in [3.63, 3.8) is 0 Å². The molecule has 1 heterocycles. The van der Waals surface area contributed by atoms with Crippen LogP contribution in [0.4, 0.5) is 4.39 Å². The number of carbonyl (C=O) groups excluding carboxylic acids is 1. The zero-order chi connectivity index (χ0) is 14.4. The van der Waals surface area contributed by atoms with Crippen molar-refractivity contribution >= 4 is 5.91 Å². The predicted octanol–water partition coefficient (Wildman–Crippen LogP) is 2.28. The van der Waals surface area contributed by atoms with Gasteiger partial charge in [0.05, 0.1) is 25.2 Å². The second kappa shape index (κ2) is 7.24. The van der Waals surface area contributed by atoms with E-state index in [2.05, 4.69) is 5.32 Å². The van der Waals surface area contributed by atoms with Crippen LogP contribution in [-0.2, 0) is 9.53 Å². The molecule has 0 spiro atoms. The van der Waals surface area contributed by atoms with Crippen LogP contribution in [0.5, 0.6) is 5.75 Å². The Hall–Kier alpha value is -1.62. The van der Waals surface area contributed by atoms with E-state index in [1.807, 2.05) is 6.92 Å². The van der Waals surface area contributed by atoms with Crippen LogP contribution in [0.2, 0.25) is 0 Å². The quantitative estimate of drug-likeness (QED) is 0.870. The third-order valence-corrected chi connectivity index (χ3v) is 3.33. The van der Waals surface area contributed by atoms with Gasteiger partial charge in [-0.1, -0.05) is 12.1 Å². The lowest BCUT2D eigenvalue weighted by molar-refractivity contribution is -0.123. The van der Waals surface area contributed by atoms with Gasteiger partial charge in [-0.3, -0.25) is 4.79 Å². The first-order chi connectivity index (χ1) is 9.66. The van der Waals surface area contributed by atoms with Gasteiger partial charge in [-0.2, -0.15) is 0 Å². The number of hydrogen-bond acceptors (Lipinski definition) is 3. The minimum atomic E-state index is -0.416. The van der Waals surface area contributed by atoms with Crippen molar-refractivity contribution < 1.29 is 18.7 Å². The summed E-state index contributed by atoms with van der Waals surface area (Å²) in [5, 5.41) is 2.89. The van der Waals surface area contributed by atoms with Gasteiger partial charge in [-0.15, -0.1) is 0 Å². The number of halogens is 1. The standard InChI is InChI=1S/C15H20FNO3/c1-11(13-7-4-9-19-13)17-15(18)8-10-20-14-6-3-2-5-12(14)16/h2-3,5-6,11,13H,4,7-10H2,1H3,(H,17,18). The molecule has 110 valence electrons. The van der Waals surface area contributed by atoms with E-state index in [1.54, 1.807) is 18.2 Å². The van der Waals surface area contributed by atoms with Crippen molar-refractivity contribution in [3.05, 3.63) is 30.1 Å². The van der Waals surface area contributed by atoms with Crippen LogP contribution >= 0.6 is 0 Å². The van der Waals surface area contributed by atoms with Crippen LogP contribution in [-0.4, -0.2) is 31.3 Å². The van der Waals surface area contributed by atoms with Gasteiger partial charge in [-0.25, -0.2) is 4.39 Å². The van der Waals surface area contributed by atoms with Crippen molar-refractivity contribution in [2.45, 2.75) is 38.3 Å². The highest BCUT2D eigenvalue weighted by atomic mass is 19.1. The Morgan fingerprint density at radius 1 is 1.55 bits per heavy atom. The molecule has 1 aliphatic rings. The molecule has 2 atom stereocenters. The van der Waals surface area contributed by atoms with Crippen LogP contribution in [0.25, 0.3) is 0 Å². The highest BCUT2D eigenvalue weighted by Gasteiger charge is 2.23. The zero-order valence-corrected chi connectivity index (χ0v) is 11.6. The van der Waals surface area contributed by atoms with E-state index in [0.29, 0.717) is 0 Å². The van der Waals surface area contributed by atoms with E-state index in [0.717, 1.165) is 19.4 Å². The Morgan fingerprint density at radius 3 is 3.05 bits per heavy atom. The summed E-state index contributed by atoms with van der Waals surface area (Å²) in [6, 6.07) is 6.16. The number of ether oxygens (including phenoxy) is 2. The van der Waals surface area contributed by atoms with Gasteiger partial charge in [-0.05, 0) is 31.9 Å². The van der Waals surface area contributed by atoms with E-state index in [9.17, 15) is 9.18 Å². The van der Waals surface area contributed by atoms with Gasteiger partial charge >= 0.3 is 0 Å². The van der Waals surface area contributed by atoms with Gasteiger partial charge in [0.25, 0.3) is 0 Å². The largest absolute Gasteiger partial charge is 0.490 e. The zero-order valence-electron chi connectivity index (χ0n) is 11.6. The molecular weight excluding hydrogens is 261 g/mol. The molecule has 1 saturated heterocycles. The Morgan fingerprint density at radius 2 is 2.35 bits per heavy atom. The van der Waals surface area contributed by atoms with Gasteiger partial charge in [0, 0.05) is 6.61 Å². The average molecular weight is 281 g/mol. The van der Waals surface area contributed by atoms with Crippen molar-refractivity contribution in [1.29, 1.82) is 0 Å². The summed E-state index contributed by atoms with van der Waals surface area (Å²) in [5.41, 5.74) is 0. The van der Waals surface area contributed by atoms with E-state index in [-0.39, 0.29) is 36.8 Å². The molecule has 2 rings (SSSR count). The molecule has 0 aliphatic carbocycles. The maximum absolute atomic E-state index is 13.3. The maximum atomic E-state index is 13.3. The highest BCUT2D eigenvalue weighted by Crippen LogP contribution is 2.16. The van der Waals surface area contributed by atoms with E-state index in [4.69, 9.17) is 9.47 Å². The topological polar surface area (TPSA) is 47.6 Å². The lowest BCUT2D eigenvalue weighted by Gasteiger charge is -2.20. The average Bonchev–Trinajstić information content (AvgIpc) is 2.95. The molecule has 1 aliphatic heterocycles. The third-order valence-electron chi connectivity index (χ3n) is 3.33. The van der Waals surface area contributed by atoms with Gasteiger partial charge in [0.2, 0.25) is 5.91 Å². The molecule has 0 saturated carbocycles. The number of nitrogens with one attached hydrogen (secondary N) is 1. The fourth-order valence-corrected chi connectivity index (χ4v) is 2.23. The van der Waals surface area contributed by atoms with Crippen LogP contribution < -0.4 is 10.1 Å². The number of benzene rings is 1. The summed E-state index contributed by atoms with van der Waals surface area (Å²) in [5.74, 6) is -0.350. The predicted molar refractivity (Wildman–Crippen MR) is 73.1 cm³/mol. The Labute approximate surface area is 118 Å². The summed E-state index contributed by atoms with van der Waals surface area (Å²) in [6.07, 6.45) is 2.33. The molecule has 4 nitrogen and oxygen atoms in total. The Balaban J connectivity index is 1.68. The third kappa shape index (κ3) is 4.20. The van der Waals surface area contributed by atoms with Crippen LogP contribution in [0.3, 0.4) is 0 Å². The number of carbonyl (C=O) groups is 1. The number of rotatable bonds is 6. The molecule has 5 heteroatoms. The normalized spacial score (nSPS) is 19.6. The molecular formula is C15H20FNO3. The molecule has 1 N–H and O–H groups in total. The monoisotopic (exact) mass is 281 g/mol. The Bertz CT molecular complexity index is 446. The second-order valence-electron chi connectivity index (χ2n) is 4.94. The molecule has 1 fully saturated rings. The van der Waals surface area contributed by atoms with Crippen molar-refractivity contribution in [2.75, 3.05) is 13.2 Å². The van der Waals surface area contributed by atoms with Gasteiger partial charge < -0.3 is 14.8 Å². The summed E-state index contributed by atoms with van der Waals surface area (Å²) in [7, 11) is 0. The summed E-state index contributed by atoms with van der Waals surface area (Å²) in [6.45, 7) is 2.86. The first kappa shape index (κ1) is 14.8. The first-order valence-corrected chi connectivity index (χ1v) is 6.95. The van der Waals surface area contributed by atoms with Crippen molar-refractivity contribution in [1.82, 2.24) is 5.32 Å². The number of para-hydroxylation sites is 1. The fourth-order valence-electron chi connectivity index (χ4n) is 2.23. The van der Waals surface area contributed by atoms with Crippen LogP contribution in [0.1, 0.15) is 26.2 Å². The van der Waals surface area contributed by atoms with E-state index < -0.39 is 5.82 Å². The first-order valence-electron chi connectivity index (χ1n) is 6.95. The van der Waals surface area contributed by atoms with Crippen molar-refractivity contribution in [3.8, 4) is 5.75 Å². The molecule has 0 aromatic heterocycles. The van der Waals surface area contributed by atoms with E-state index >= 15 is 0 Å². The maximum Gasteiger partial charge on any atom is 0.223 e.